The molecule has 0 aliphatic carbocycles. The summed E-state index contributed by atoms with van der Waals surface area (Å²) < 4.78 is 69.6. The van der Waals surface area contributed by atoms with Crippen molar-refractivity contribution in [3.63, 3.8) is 0 Å². The van der Waals surface area contributed by atoms with Gasteiger partial charge in [-0.3, -0.25) is 4.72 Å². The van der Waals surface area contributed by atoms with Crippen LogP contribution in [0.25, 0.3) is 5.69 Å². The van der Waals surface area contributed by atoms with Crippen LogP contribution in [0.2, 0.25) is 0 Å². The van der Waals surface area contributed by atoms with Crippen molar-refractivity contribution in [2.24, 2.45) is 0 Å². The maximum absolute atomic E-state index is 13.2. The lowest BCUT2D eigenvalue weighted by molar-refractivity contribution is -0.137. The van der Waals surface area contributed by atoms with Gasteiger partial charge >= 0.3 is 6.18 Å². The minimum Gasteiger partial charge on any atom is -0.277 e. The molecule has 29 heavy (non-hydrogen) atoms. The molecular formula is C19H19F3N4O2S. The molecule has 0 atom stereocenters. The molecule has 10 heteroatoms. The van der Waals surface area contributed by atoms with Gasteiger partial charge in [0.2, 0.25) is 0 Å². The minimum absolute atomic E-state index is 0.0527. The largest absolute Gasteiger partial charge is 0.416 e. The Bertz CT molecular complexity index is 1140. The van der Waals surface area contributed by atoms with E-state index in [0.717, 1.165) is 29.3 Å². The van der Waals surface area contributed by atoms with E-state index < -0.39 is 21.8 Å². The number of hydrogen-bond acceptors (Lipinski definition) is 4. The van der Waals surface area contributed by atoms with Crippen molar-refractivity contribution in [2.75, 3.05) is 4.72 Å². The molecule has 1 aromatic heterocycles. The maximum atomic E-state index is 13.2. The summed E-state index contributed by atoms with van der Waals surface area (Å²) in [6.45, 7) is 6.90. The molecule has 0 aliphatic heterocycles. The average molecular weight is 424 g/mol. The molecule has 0 bridgehead atoms. The van der Waals surface area contributed by atoms with Crippen molar-refractivity contribution in [3.8, 4) is 5.69 Å². The molecular weight excluding hydrogens is 405 g/mol. The van der Waals surface area contributed by atoms with Crippen LogP contribution in [0.15, 0.2) is 41.8 Å². The van der Waals surface area contributed by atoms with E-state index in [1.54, 1.807) is 27.7 Å². The van der Waals surface area contributed by atoms with Crippen LogP contribution in [-0.4, -0.2) is 23.2 Å². The summed E-state index contributed by atoms with van der Waals surface area (Å²) in [5.74, 6) is 0. The Morgan fingerprint density at radius 3 is 2.14 bits per heavy atom. The lowest BCUT2D eigenvalue weighted by atomic mass is 10.0. The van der Waals surface area contributed by atoms with Crippen molar-refractivity contribution < 1.29 is 21.6 Å². The average Bonchev–Trinajstić information content (AvgIpc) is 3.13. The minimum atomic E-state index is -4.63. The first-order chi connectivity index (χ1) is 13.4. The quantitative estimate of drug-likeness (QED) is 0.677. The molecule has 3 rings (SSSR count). The number of sulfonamides is 1. The SMILES string of the molecule is Cc1cc(C)c(C)c(S(=O)(=O)Nc2cc(C(F)(F)F)ccc2-n2cncn2)c1C. The third-order valence-corrected chi connectivity index (χ3v) is 6.44. The van der Waals surface area contributed by atoms with Gasteiger partial charge in [-0.2, -0.15) is 18.3 Å². The van der Waals surface area contributed by atoms with E-state index in [-0.39, 0.29) is 16.3 Å². The highest BCUT2D eigenvalue weighted by atomic mass is 32.2. The summed E-state index contributed by atoms with van der Waals surface area (Å²) in [7, 11) is -4.17. The summed E-state index contributed by atoms with van der Waals surface area (Å²) in [6.07, 6.45) is -2.16. The molecule has 6 nitrogen and oxygen atoms in total. The summed E-state index contributed by atoms with van der Waals surface area (Å²) >= 11 is 0. The fourth-order valence-corrected chi connectivity index (χ4v) is 4.79. The van der Waals surface area contributed by atoms with Gasteiger partial charge in [-0.05, 0) is 68.1 Å². The predicted octanol–water partition coefficient (Wildman–Crippen LogP) is 4.32. The van der Waals surface area contributed by atoms with Gasteiger partial charge in [0.25, 0.3) is 10.0 Å². The molecule has 0 amide bonds. The van der Waals surface area contributed by atoms with E-state index in [1.165, 1.54) is 17.3 Å². The maximum Gasteiger partial charge on any atom is 0.416 e. The molecule has 0 saturated heterocycles. The predicted molar refractivity (Wildman–Crippen MR) is 103 cm³/mol. The lowest BCUT2D eigenvalue weighted by Gasteiger charge is -2.19. The van der Waals surface area contributed by atoms with E-state index in [0.29, 0.717) is 11.1 Å². The van der Waals surface area contributed by atoms with Crippen LogP contribution in [0.3, 0.4) is 0 Å². The number of hydrogen-bond donors (Lipinski definition) is 1. The van der Waals surface area contributed by atoms with E-state index in [1.807, 2.05) is 6.07 Å². The molecule has 0 spiro atoms. The van der Waals surface area contributed by atoms with Crippen LogP contribution in [0.5, 0.6) is 0 Å². The van der Waals surface area contributed by atoms with Crippen LogP contribution < -0.4 is 4.72 Å². The van der Waals surface area contributed by atoms with Crippen LogP contribution in [0, 0.1) is 27.7 Å². The fourth-order valence-electron chi connectivity index (χ4n) is 3.11. The number of halogens is 3. The first kappa shape index (κ1) is 20.8. The Hall–Kier alpha value is -2.88. The molecule has 0 radical (unpaired) electrons. The van der Waals surface area contributed by atoms with E-state index >= 15 is 0 Å². The number of aryl methyl sites for hydroxylation is 2. The first-order valence-corrected chi connectivity index (χ1v) is 10.1. The Labute approximate surface area is 166 Å². The standard InChI is InChI=1S/C19H19F3N4O2S/c1-11-7-12(2)14(4)18(13(11)3)29(27,28)25-16-8-15(19(20,21)22)5-6-17(16)26-10-23-9-24-26/h5-10,25H,1-4H3. The Balaban J connectivity index is 2.19. The topological polar surface area (TPSA) is 76.9 Å². The van der Waals surface area contributed by atoms with Gasteiger partial charge < -0.3 is 0 Å². The zero-order chi connectivity index (χ0) is 21.6. The molecule has 0 saturated carbocycles. The summed E-state index contributed by atoms with van der Waals surface area (Å²) in [5, 5.41) is 3.89. The lowest BCUT2D eigenvalue weighted by Crippen LogP contribution is -2.19. The molecule has 0 fully saturated rings. The van der Waals surface area contributed by atoms with Crippen molar-refractivity contribution in [1.82, 2.24) is 14.8 Å². The van der Waals surface area contributed by atoms with Gasteiger partial charge in [-0.25, -0.2) is 18.1 Å². The number of aromatic nitrogens is 3. The third-order valence-electron chi connectivity index (χ3n) is 4.80. The summed E-state index contributed by atoms with van der Waals surface area (Å²) in [4.78, 5) is 3.82. The Kier molecular flexibility index (Phi) is 5.16. The smallest absolute Gasteiger partial charge is 0.277 e. The van der Waals surface area contributed by atoms with Crippen molar-refractivity contribution in [1.29, 1.82) is 0 Å². The number of anilines is 1. The molecule has 0 unspecified atom stereocenters. The van der Waals surface area contributed by atoms with Gasteiger partial charge in [-0.15, -0.1) is 0 Å². The normalized spacial score (nSPS) is 12.2. The van der Waals surface area contributed by atoms with Crippen LogP contribution in [0.4, 0.5) is 18.9 Å². The van der Waals surface area contributed by atoms with Crippen molar-refractivity contribution >= 4 is 15.7 Å². The molecule has 0 aliphatic rings. The van der Waals surface area contributed by atoms with Crippen molar-refractivity contribution in [3.05, 3.63) is 64.7 Å². The molecule has 2 aromatic carbocycles. The Morgan fingerprint density at radius 2 is 1.62 bits per heavy atom. The number of rotatable bonds is 4. The van der Waals surface area contributed by atoms with E-state index in [2.05, 4.69) is 14.8 Å². The second kappa shape index (κ2) is 7.18. The first-order valence-electron chi connectivity index (χ1n) is 8.58. The Morgan fingerprint density at radius 1 is 1.00 bits per heavy atom. The molecule has 1 heterocycles. The number of alkyl halides is 3. The number of benzene rings is 2. The molecule has 3 aromatic rings. The van der Waals surface area contributed by atoms with Crippen molar-refractivity contribution in [2.45, 2.75) is 38.8 Å². The highest BCUT2D eigenvalue weighted by Crippen LogP contribution is 2.35. The second-order valence-corrected chi connectivity index (χ2v) is 8.38. The molecule has 1 N–H and O–H groups in total. The van der Waals surface area contributed by atoms with Gasteiger partial charge in [0, 0.05) is 0 Å². The second-order valence-electron chi connectivity index (χ2n) is 6.76. The number of nitrogens with one attached hydrogen (secondary N) is 1. The van der Waals surface area contributed by atoms with Gasteiger partial charge in [0.15, 0.2) is 0 Å². The summed E-state index contributed by atoms with van der Waals surface area (Å²) in [6, 6.07) is 4.63. The van der Waals surface area contributed by atoms with E-state index in [4.69, 9.17) is 0 Å². The van der Waals surface area contributed by atoms with Crippen LogP contribution >= 0.6 is 0 Å². The van der Waals surface area contributed by atoms with E-state index in [9.17, 15) is 21.6 Å². The highest BCUT2D eigenvalue weighted by Gasteiger charge is 2.32. The zero-order valence-electron chi connectivity index (χ0n) is 16.2. The third kappa shape index (κ3) is 3.98. The fraction of sp³-hybridized carbons (Fsp3) is 0.263. The zero-order valence-corrected chi connectivity index (χ0v) is 17.0. The molecule has 154 valence electrons. The van der Waals surface area contributed by atoms with Gasteiger partial charge in [0.05, 0.1) is 21.8 Å². The highest BCUT2D eigenvalue weighted by molar-refractivity contribution is 7.92. The van der Waals surface area contributed by atoms with Crippen LogP contribution in [0.1, 0.15) is 27.8 Å². The van der Waals surface area contributed by atoms with Gasteiger partial charge in [0.1, 0.15) is 12.7 Å². The number of nitrogens with zero attached hydrogens (tertiary/aromatic N) is 3. The van der Waals surface area contributed by atoms with Crippen LogP contribution in [-0.2, 0) is 16.2 Å². The van der Waals surface area contributed by atoms with Gasteiger partial charge in [-0.1, -0.05) is 6.07 Å². The summed E-state index contributed by atoms with van der Waals surface area (Å²) in [5.41, 5.74) is 1.52. The monoisotopic (exact) mass is 424 g/mol.